The number of rotatable bonds is 4. The SMILES string of the molecule is C=C1c2cc(OC)ccc2OC1NS(=O)(=O)c1ccc(C)cc1. The van der Waals surface area contributed by atoms with Crippen molar-refractivity contribution in [1.82, 2.24) is 4.72 Å². The van der Waals surface area contributed by atoms with Gasteiger partial charge in [0.05, 0.1) is 12.0 Å². The molecule has 5 nitrogen and oxygen atoms in total. The molecule has 0 spiro atoms. The quantitative estimate of drug-likeness (QED) is 0.935. The number of methoxy groups -OCH3 is 1. The number of aryl methyl sites for hydroxylation is 1. The van der Waals surface area contributed by atoms with E-state index in [1.165, 1.54) is 0 Å². The average Bonchev–Trinajstić information content (AvgIpc) is 2.83. The zero-order valence-corrected chi connectivity index (χ0v) is 13.7. The molecule has 0 amide bonds. The van der Waals surface area contributed by atoms with Gasteiger partial charge in [-0.15, -0.1) is 0 Å². The summed E-state index contributed by atoms with van der Waals surface area (Å²) < 4.78 is 38.3. The topological polar surface area (TPSA) is 64.6 Å². The second kappa shape index (κ2) is 5.72. The van der Waals surface area contributed by atoms with Crippen LogP contribution in [0.4, 0.5) is 0 Å². The summed E-state index contributed by atoms with van der Waals surface area (Å²) in [5, 5.41) is 0. The van der Waals surface area contributed by atoms with Gasteiger partial charge in [0, 0.05) is 11.1 Å². The molecule has 2 aromatic carbocycles. The van der Waals surface area contributed by atoms with E-state index in [0.29, 0.717) is 17.1 Å². The number of ether oxygens (including phenoxy) is 2. The van der Waals surface area contributed by atoms with E-state index in [9.17, 15) is 8.42 Å². The Hall–Kier alpha value is -2.31. The Morgan fingerprint density at radius 3 is 2.52 bits per heavy atom. The summed E-state index contributed by atoms with van der Waals surface area (Å²) in [6.07, 6.45) is -0.830. The van der Waals surface area contributed by atoms with Crippen LogP contribution in [-0.4, -0.2) is 21.8 Å². The molecule has 0 fully saturated rings. The van der Waals surface area contributed by atoms with E-state index in [1.54, 1.807) is 49.6 Å². The third-order valence-electron chi connectivity index (χ3n) is 3.69. The van der Waals surface area contributed by atoms with Gasteiger partial charge in [-0.1, -0.05) is 24.3 Å². The number of nitrogens with one attached hydrogen (secondary N) is 1. The second-order valence-electron chi connectivity index (χ2n) is 5.32. The summed E-state index contributed by atoms with van der Waals surface area (Å²) in [6, 6.07) is 11.9. The number of hydrogen-bond donors (Lipinski definition) is 1. The van der Waals surface area contributed by atoms with Gasteiger partial charge in [0.15, 0.2) is 6.23 Å². The maximum absolute atomic E-state index is 12.5. The van der Waals surface area contributed by atoms with Crippen molar-refractivity contribution >= 4 is 15.6 Å². The first-order valence-corrected chi connectivity index (χ1v) is 8.52. The van der Waals surface area contributed by atoms with Gasteiger partial charge in [-0.3, -0.25) is 0 Å². The molecule has 6 heteroatoms. The predicted molar refractivity (Wildman–Crippen MR) is 87.9 cm³/mol. The monoisotopic (exact) mass is 331 g/mol. The number of sulfonamides is 1. The summed E-state index contributed by atoms with van der Waals surface area (Å²) in [6.45, 7) is 5.84. The molecule has 0 radical (unpaired) electrons. The Morgan fingerprint density at radius 2 is 1.87 bits per heavy atom. The number of benzene rings is 2. The summed E-state index contributed by atoms with van der Waals surface area (Å²) in [5.41, 5.74) is 2.28. The summed E-state index contributed by atoms with van der Waals surface area (Å²) in [7, 11) is -2.13. The van der Waals surface area contributed by atoms with Crippen LogP contribution in [-0.2, 0) is 10.0 Å². The normalized spacial score (nSPS) is 16.8. The van der Waals surface area contributed by atoms with Crippen molar-refractivity contribution in [3.63, 3.8) is 0 Å². The van der Waals surface area contributed by atoms with Crippen LogP contribution in [0, 0.1) is 6.92 Å². The van der Waals surface area contributed by atoms with Crippen LogP contribution in [0.25, 0.3) is 5.57 Å². The highest BCUT2D eigenvalue weighted by Gasteiger charge is 2.31. The molecule has 1 aliphatic rings. The molecular formula is C17H17NO4S. The van der Waals surface area contributed by atoms with Gasteiger partial charge in [0.25, 0.3) is 0 Å². The van der Waals surface area contributed by atoms with Crippen LogP contribution in [0.3, 0.4) is 0 Å². The van der Waals surface area contributed by atoms with Crippen molar-refractivity contribution in [3.8, 4) is 11.5 Å². The van der Waals surface area contributed by atoms with Gasteiger partial charge in [-0.2, -0.15) is 4.72 Å². The molecule has 3 rings (SSSR count). The second-order valence-corrected chi connectivity index (χ2v) is 7.03. The molecule has 0 bridgehead atoms. The van der Waals surface area contributed by atoms with Crippen molar-refractivity contribution in [2.24, 2.45) is 0 Å². The molecule has 120 valence electrons. The van der Waals surface area contributed by atoms with Crippen molar-refractivity contribution in [3.05, 3.63) is 60.2 Å². The minimum absolute atomic E-state index is 0.188. The number of fused-ring (bicyclic) bond motifs is 1. The molecule has 1 heterocycles. The van der Waals surface area contributed by atoms with Crippen LogP contribution in [0.5, 0.6) is 11.5 Å². The van der Waals surface area contributed by atoms with Gasteiger partial charge in [0.1, 0.15) is 11.5 Å². The van der Waals surface area contributed by atoms with Gasteiger partial charge in [-0.25, -0.2) is 8.42 Å². The highest BCUT2D eigenvalue weighted by Crippen LogP contribution is 2.38. The van der Waals surface area contributed by atoms with Crippen LogP contribution in [0.1, 0.15) is 11.1 Å². The largest absolute Gasteiger partial charge is 0.497 e. The first kappa shape index (κ1) is 15.6. The molecule has 0 saturated carbocycles. The lowest BCUT2D eigenvalue weighted by atomic mass is 10.1. The number of hydrogen-bond acceptors (Lipinski definition) is 4. The Bertz CT molecular complexity index is 857. The Labute approximate surface area is 135 Å². The van der Waals surface area contributed by atoms with Crippen molar-refractivity contribution in [2.45, 2.75) is 18.0 Å². The van der Waals surface area contributed by atoms with E-state index in [0.717, 1.165) is 11.1 Å². The summed E-state index contributed by atoms with van der Waals surface area (Å²) in [5.74, 6) is 1.24. The zero-order valence-electron chi connectivity index (χ0n) is 12.9. The molecule has 2 aromatic rings. The maximum atomic E-state index is 12.5. The standard InChI is InChI=1S/C17H17NO4S/c1-11-4-7-14(8-5-11)23(19,20)18-17-12(2)15-10-13(21-3)6-9-16(15)22-17/h4-10,17-18H,2H2,1,3H3. The predicted octanol–water partition coefficient (Wildman–Crippen LogP) is 2.71. The fourth-order valence-corrected chi connectivity index (χ4v) is 3.45. The Morgan fingerprint density at radius 1 is 1.17 bits per heavy atom. The molecule has 0 aliphatic carbocycles. The third-order valence-corrected chi connectivity index (χ3v) is 5.10. The fourth-order valence-electron chi connectivity index (χ4n) is 2.35. The summed E-state index contributed by atoms with van der Waals surface area (Å²) >= 11 is 0. The highest BCUT2D eigenvalue weighted by atomic mass is 32.2. The molecule has 1 unspecified atom stereocenters. The Kier molecular flexibility index (Phi) is 3.87. The van der Waals surface area contributed by atoms with Gasteiger partial charge in [0.2, 0.25) is 10.0 Å². The van der Waals surface area contributed by atoms with Crippen molar-refractivity contribution < 1.29 is 17.9 Å². The van der Waals surface area contributed by atoms with E-state index >= 15 is 0 Å². The molecule has 1 N–H and O–H groups in total. The van der Waals surface area contributed by atoms with Crippen molar-refractivity contribution in [1.29, 1.82) is 0 Å². The fraction of sp³-hybridized carbons (Fsp3) is 0.176. The lowest BCUT2D eigenvalue weighted by Gasteiger charge is -2.14. The molecule has 1 aliphatic heterocycles. The maximum Gasteiger partial charge on any atom is 0.243 e. The van der Waals surface area contributed by atoms with Crippen LogP contribution >= 0.6 is 0 Å². The summed E-state index contributed by atoms with van der Waals surface area (Å²) in [4.78, 5) is 0.188. The van der Waals surface area contributed by atoms with Gasteiger partial charge < -0.3 is 9.47 Å². The molecule has 1 atom stereocenters. The van der Waals surface area contributed by atoms with E-state index in [2.05, 4.69) is 11.3 Å². The van der Waals surface area contributed by atoms with Crippen LogP contribution in [0.15, 0.2) is 53.9 Å². The van der Waals surface area contributed by atoms with E-state index < -0.39 is 16.3 Å². The highest BCUT2D eigenvalue weighted by molar-refractivity contribution is 7.89. The van der Waals surface area contributed by atoms with E-state index in [1.807, 2.05) is 6.92 Å². The zero-order chi connectivity index (χ0) is 16.6. The minimum Gasteiger partial charge on any atom is -0.497 e. The molecule has 0 aromatic heterocycles. The van der Waals surface area contributed by atoms with Crippen LogP contribution < -0.4 is 14.2 Å². The third kappa shape index (κ3) is 2.95. The average molecular weight is 331 g/mol. The van der Waals surface area contributed by atoms with Crippen LogP contribution in [0.2, 0.25) is 0 Å². The molecule has 0 saturated heterocycles. The minimum atomic E-state index is -3.69. The Balaban J connectivity index is 1.84. The first-order valence-electron chi connectivity index (χ1n) is 7.03. The lowest BCUT2D eigenvalue weighted by Crippen LogP contribution is -2.37. The van der Waals surface area contributed by atoms with Gasteiger partial charge in [-0.05, 0) is 37.3 Å². The van der Waals surface area contributed by atoms with Gasteiger partial charge >= 0.3 is 0 Å². The smallest absolute Gasteiger partial charge is 0.243 e. The molecule has 23 heavy (non-hydrogen) atoms. The lowest BCUT2D eigenvalue weighted by molar-refractivity contribution is 0.264. The van der Waals surface area contributed by atoms with Crippen molar-refractivity contribution in [2.75, 3.05) is 7.11 Å². The first-order chi connectivity index (χ1) is 10.9. The molecular weight excluding hydrogens is 314 g/mol. The van der Waals surface area contributed by atoms with E-state index in [4.69, 9.17) is 9.47 Å². The van der Waals surface area contributed by atoms with E-state index in [-0.39, 0.29) is 4.90 Å².